The largest absolute Gasteiger partial charge is 0.457 e. The van der Waals surface area contributed by atoms with E-state index < -0.39 is 51.4 Å². The van der Waals surface area contributed by atoms with Gasteiger partial charge in [0.05, 0.1) is 36.8 Å². The smallest absolute Gasteiger partial charge is 0.410 e. The van der Waals surface area contributed by atoms with Crippen LogP contribution in [0.5, 0.6) is 0 Å². The van der Waals surface area contributed by atoms with E-state index in [0.717, 1.165) is 15.9 Å². The molecule has 0 radical (unpaired) electrons. The first kappa shape index (κ1) is 46.3. The van der Waals surface area contributed by atoms with Gasteiger partial charge in [0.15, 0.2) is 14.1 Å². The van der Waals surface area contributed by atoms with E-state index in [-0.39, 0.29) is 47.9 Å². The van der Waals surface area contributed by atoms with Crippen LogP contribution in [-0.4, -0.2) is 98.4 Å². The van der Waals surface area contributed by atoms with Gasteiger partial charge < -0.3 is 23.5 Å². The Hall–Kier alpha value is -4.80. The van der Waals surface area contributed by atoms with Crippen LogP contribution in [0.3, 0.4) is 0 Å². The molecular weight excluding hydrogens is 792 g/mol. The molecule has 0 saturated carbocycles. The molecule has 5 rings (SSSR count). The Labute approximate surface area is 357 Å². The predicted octanol–water partition coefficient (Wildman–Crippen LogP) is 7.39. The third kappa shape index (κ3) is 9.55. The minimum absolute atomic E-state index is 0.0521. The first-order chi connectivity index (χ1) is 28.5. The van der Waals surface area contributed by atoms with E-state index in [1.165, 1.54) is 12.2 Å². The number of methoxy groups -OCH3 is 1. The third-order valence-corrected chi connectivity index (χ3v) is 20.9. The number of carbonyl (C=O) groups is 4. The minimum Gasteiger partial charge on any atom is -0.457 e. The van der Waals surface area contributed by atoms with Crippen molar-refractivity contribution in [2.75, 3.05) is 26.9 Å². The van der Waals surface area contributed by atoms with E-state index in [2.05, 4.69) is 47.0 Å². The Morgan fingerprint density at radius 3 is 1.83 bits per heavy atom. The molecular formula is C48H61N2O8PSi. The highest BCUT2D eigenvalue weighted by Crippen LogP contribution is 2.51. The molecule has 60 heavy (non-hydrogen) atoms. The van der Waals surface area contributed by atoms with E-state index in [0.29, 0.717) is 18.5 Å². The Kier molecular flexibility index (Phi) is 15.2. The summed E-state index contributed by atoms with van der Waals surface area (Å²) in [4.78, 5) is 61.2. The monoisotopic (exact) mass is 852 g/mol. The number of ketones is 1. The van der Waals surface area contributed by atoms with Gasteiger partial charge in [-0.1, -0.05) is 143 Å². The number of esters is 1. The fraction of sp³-hybridized carbons (Fsp3) is 0.396. The number of rotatable bonds is 17. The second kappa shape index (κ2) is 19.7. The molecule has 0 N–H and O–H groups in total. The summed E-state index contributed by atoms with van der Waals surface area (Å²) in [6.45, 7) is 18.8. The molecule has 0 aromatic heterocycles. The van der Waals surface area contributed by atoms with Crippen LogP contribution in [0.2, 0.25) is 18.1 Å². The van der Waals surface area contributed by atoms with Crippen LogP contribution in [0, 0.1) is 5.92 Å². The summed E-state index contributed by atoms with van der Waals surface area (Å²) in [6, 6.07) is 28.1. The summed E-state index contributed by atoms with van der Waals surface area (Å²) < 4.78 is 23.9. The van der Waals surface area contributed by atoms with Gasteiger partial charge in [-0.2, -0.15) is 0 Å². The second-order valence-corrected chi connectivity index (χ2v) is 25.0. The van der Waals surface area contributed by atoms with Crippen LogP contribution in [0.4, 0.5) is 4.79 Å². The van der Waals surface area contributed by atoms with Crippen molar-refractivity contribution in [3.05, 3.63) is 128 Å². The summed E-state index contributed by atoms with van der Waals surface area (Å²) in [7, 11) is -0.826. The average Bonchev–Trinajstić information content (AvgIpc) is 3.64. The van der Waals surface area contributed by atoms with Crippen molar-refractivity contribution in [1.82, 2.24) is 9.80 Å². The summed E-state index contributed by atoms with van der Waals surface area (Å²) in [6.07, 6.45) is 3.81. The minimum atomic E-state index is -3.23. The van der Waals surface area contributed by atoms with Gasteiger partial charge in [0.1, 0.15) is 18.6 Å². The Bertz CT molecular complexity index is 2010. The normalized spacial score (nSPS) is 20.2. The zero-order valence-corrected chi connectivity index (χ0v) is 38.2. The Morgan fingerprint density at radius 1 is 0.867 bits per heavy atom. The van der Waals surface area contributed by atoms with E-state index in [9.17, 15) is 9.59 Å². The summed E-state index contributed by atoms with van der Waals surface area (Å²) in [5, 5.41) is 2.37. The fourth-order valence-electron chi connectivity index (χ4n) is 7.95. The molecule has 0 spiro atoms. The van der Waals surface area contributed by atoms with Crippen molar-refractivity contribution >= 4 is 60.3 Å². The molecule has 0 unspecified atom stereocenters. The maximum absolute atomic E-state index is 15.2. The molecule has 2 aliphatic heterocycles. The lowest BCUT2D eigenvalue weighted by molar-refractivity contribution is -0.157. The number of β-lactam (4-membered cyclic amide) rings is 1. The molecule has 10 nitrogen and oxygen atoms in total. The number of amides is 2. The van der Waals surface area contributed by atoms with Crippen molar-refractivity contribution in [3.8, 4) is 0 Å². The molecule has 3 aromatic carbocycles. The van der Waals surface area contributed by atoms with Crippen LogP contribution in [0.25, 0.3) is 0 Å². The second-order valence-electron chi connectivity index (χ2n) is 16.9. The van der Waals surface area contributed by atoms with Crippen molar-refractivity contribution < 1.29 is 37.8 Å². The molecule has 0 bridgehead atoms. The molecule has 12 heteroatoms. The Morgan fingerprint density at radius 2 is 1.37 bits per heavy atom. The van der Waals surface area contributed by atoms with Crippen LogP contribution in [0.1, 0.15) is 47.5 Å². The highest BCUT2D eigenvalue weighted by atomic mass is 31.2. The van der Waals surface area contributed by atoms with Gasteiger partial charge in [-0.05, 0) is 59.9 Å². The quantitative estimate of drug-likeness (QED) is 0.0346. The first-order valence-electron chi connectivity index (χ1n) is 20.5. The van der Waals surface area contributed by atoms with Gasteiger partial charge in [-0.3, -0.25) is 14.5 Å². The number of Topliss-reactive ketones (excluding diaryl/α,β-unsaturated/α-hetero) is 1. The molecule has 2 fully saturated rings. The number of benzene rings is 3. The molecule has 3 aromatic rings. The molecule has 5 atom stereocenters. The van der Waals surface area contributed by atoms with Crippen LogP contribution >= 0.6 is 6.89 Å². The fourth-order valence-corrected chi connectivity index (χ4v) is 13.8. The highest BCUT2D eigenvalue weighted by molar-refractivity contribution is 7.96. The van der Waals surface area contributed by atoms with E-state index >= 15 is 9.59 Å². The molecule has 320 valence electrons. The predicted molar refractivity (Wildman–Crippen MR) is 244 cm³/mol. The summed E-state index contributed by atoms with van der Waals surface area (Å²) in [5.41, 5.74) is 0.600. The Balaban J connectivity index is 1.75. The lowest BCUT2D eigenvalue weighted by atomic mass is 9.79. The number of carbonyl (C=O) groups excluding carboxylic acids is 4. The highest BCUT2D eigenvalue weighted by Gasteiger charge is 2.57. The van der Waals surface area contributed by atoms with Crippen molar-refractivity contribution in [2.24, 2.45) is 5.92 Å². The lowest BCUT2D eigenvalue weighted by Crippen LogP contribution is -2.69. The zero-order valence-electron chi connectivity index (χ0n) is 36.3. The van der Waals surface area contributed by atoms with E-state index in [4.69, 9.17) is 18.6 Å². The van der Waals surface area contributed by atoms with Crippen molar-refractivity contribution in [3.63, 3.8) is 0 Å². The van der Waals surface area contributed by atoms with Crippen LogP contribution in [-0.2, 0) is 33.0 Å². The van der Waals surface area contributed by atoms with Gasteiger partial charge in [-0.25, -0.2) is 9.59 Å². The molecule has 2 saturated heterocycles. The number of hydrogen-bond acceptors (Lipinski definition) is 8. The summed E-state index contributed by atoms with van der Waals surface area (Å²) in [5.74, 6) is -1.96. The lowest BCUT2D eigenvalue weighted by Gasteiger charge is -2.53. The molecule has 2 heterocycles. The van der Waals surface area contributed by atoms with Crippen molar-refractivity contribution in [1.29, 1.82) is 0 Å². The van der Waals surface area contributed by atoms with Gasteiger partial charge in [0.25, 0.3) is 0 Å². The summed E-state index contributed by atoms with van der Waals surface area (Å²) >= 11 is 0. The van der Waals surface area contributed by atoms with Crippen LogP contribution in [0.15, 0.2) is 128 Å². The maximum Gasteiger partial charge on any atom is 0.410 e. The first-order valence-corrected chi connectivity index (χ1v) is 25.2. The zero-order chi connectivity index (χ0) is 43.8. The average molecular weight is 853 g/mol. The van der Waals surface area contributed by atoms with Gasteiger partial charge in [0.2, 0.25) is 5.91 Å². The van der Waals surface area contributed by atoms with Crippen molar-refractivity contribution in [2.45, 2.75) is 89.9 Å². The van der Waals surface area contributed by atoms with Gasteiger partial charge in [-0.15, -0.1) is 0 Å². The number of likely N-dealkylation sites (tertiary alicyclic amines) is 2. The van der Waals surface area contributed by atoms with Crippen LogP contribution < -0.4 is 15.9 Å². The molecule has 2 aliphatic rings. The topological polar surface area (TPSA) is 112 Å². The third-order valence-electron chi connectivity index (χ3n) is 12.0. The number of hydrogen-bond donors (Lipinski definition) is 0. The SMILES string of the molecule is C=CCOC(=O)C(N1C(=O)[C@H]([C@@H](C)O[Si](C)(C)C(C)(C)C)[C@H]1CC(=O)C(C)=C[C@@H]1C[C@@H](OC)CN1C(=O)OCC=C)=P(c1ccccc1)(c1ccccc1)c1ccccc1. The van der Waals surface area contributed by atoms with Gasteiger partial charge in [0, 0.05) is 20.4 Å². The molecule has 0 aliphatic carbocycles. The maximum atomic E-state index is 15.2. The van der Waals surface area contributed by atoms with Gasteiger partial charge >= 0.3 is 12.1 Å². The number of nitrogens with zero attached hydrogens (tertiary/aromatic N) is 2. The number of allylic oxidation sites excluding steroid dienone is 1. The van der Waals surface area contributed by atoms with E-state index in [1.807, 2.05) is 97.9 Å². The molecule has 2 amide bonds. The standard InChI is InChI=1S/C48H61N2O8PSi/c1-11-28-56-46(53)45(59(38-22-16-13-17-23-38,39-24-18-14-19-25-39)40-26-20-15-21-27-40)50-41(43(44(50)52)35(4)58-60(9,10)48(5,6)7)32-42(51)34(3)30-36-31-37(55-8)33-49(36)47(54)57-29-12-2/h11-27,30,35-37,41,43H,1-2,28-29,31-33H2,3-10H3/t35-,36-,37-,41-,43-/m1/s1. The van der Waals surface area contributed by atoms with E-state index in [1.54, 1.807) is 29.9 Å². The number of ether oxygens (including phenoxy) is 3.